The number of aromatic nitrogens is 2. The summed E-state index contributed by atoms with van der Waals surface area (Å²) in [6.45, 7) is 18.5. The Bertz CT molecular complexity index is 963. The smallest absolute Gasteiger partial charge is 0.0641 e. The predicted molar refractivity (Wildman–Crippen MR) is 144 cm³/mol. The van der Waals surface area contributed by atoms with Crippen molar-refractivity contribution in [2.75, 3.05) is 0 Å². The molecule has 0 radical (unpaired) electrons. The van der Waals surface area contributed by atoms with Crippen LogP contribution in [0, 0.1) is 13.8 Å². The standard InChI is InChI=1S/C28H38N2P2/c1-21-13-15-29-25(17-21)31(27(3,4)5)19-23-11-9-10-12-24(23)20-32(28(6,7)8)26-18-22(2)14-16-30-26/h9-18H,19-20H2,1-8H3. The van der Waals surface area contributed by atoms with Crippen LogP contribution >= 0.6 is 15.8 Å². The molecular weight excluding hydrogens is 426 g/mol. The lowest BCUT2D eigenvalue weighted by molar-refractivity contribution is 0.782. The number of hydrogen-bond donors (Lipinski definition) is 0. The SMILES string of the molecule is Cc1ccnc(P(Cc2ccccc2CP(c2cc(C)ccn2)C(C)(C)C)C(C)(C)C)c1. The Kier molecular flexibility index (Phi) is 7.90. The lowest BCUT2D eigenvalue weighted by Gasteiger charge is -2.34. The highest BCUT2D eigenvalue weighted by Gasteiger charge is 2.30. The summed E-state index contributed by atoms with van der Waals surface area (Å²) in [5, 5.41) is 0.381. The van der Waals surface area contributed by atoms with Crippen LogP contribution in [0.4, 0.5) is 0 Å². The van der Waals surface area contributed by atoms with Crippen molar-refractivity contribution < 1.29 is 0 Å². The fourth-order valence-corrected chi connectivity index (χ4v) is 8.94. The van der Waals surface area contributed by atoms with Gasteiger partial charge in [0.15, 0.2) is 0 Å². The third-order valence-electron chi connectivity index (χ3n) is 5.75. The molecule has 0 N–H and O–H groups in total. The van der Waals surface area contributed by atoms with Crippen LogP contribution in [-0.2, 0) is 12.3 Å². The Morgan fingerprint density at radius 1 is 0.625 bits per heavy atom. The predicted octanol–water partition coefficient (Wildman–Crippen LogP) is 7.31. The Labute approximate surface area is 197 Å². The maximum absolute atomic E-state index is 4.81. The number of aryl methyl sites for hydroxylation is 2. The summed E-state index contributed by atoms with van der Waals surface area (Å²) in [4.78, 5) is 9.63. The van der Waals surface area contributed by atoms with Gasteiger partial charge in [0.05, 0.1) is 10.9 Å². The normalized spacial score (nSPS) is 14.2. The molecule has 0 spiro atoms. The van der Waals surface area contributed by atoms with Gasteiger partial charge in [-0.3, -0.25) is 9.97 Å². The third-order valence-corrected chi connectivity index (χ3v) is 11.9. The molecular formula is C28H38N2P2. The summed E-state index contributed by atoms with van der Waals surface area (Å²) in [6.07, 6.45) is 6.08. The molecule has 2 nitrogen and oxygen atoms in total. The van der Waals surface area contributed by atoms with Crippen LogP contribution in [0.1, 0.15) is 63.8 Å². The van der Waals surface area contributed by atoms with Crippen LogP contribution in [0.15, 0.2) is 60.9 Å². The van der Waals surface area contributed by atoms with E-state index in [1.54, 1.807) is 0 Å². The van der Waals surface area contributed by atoms with Gasteiger partial charge in [-0.1, -0.05) is 65.8 Å². The fraction of sp³-hybridized carbons (Fsp3) is 0.429. The average molecular weight is 465 g/mol. The molecule has 0 fully saturated rings. The van der Waals surface area contributed by atoms with Crippen molar-refractivity contribution in [2.45, 2.75) is 78.0 Å². The quantitative estimate of drug-likeness (QED) is 0.358. The topological polar surface area (TPSA) is 25.8 Å². The van der Waals surface area contributed by atoms with Gasteiger partial charge in [0, 0.05) is 12.4 Å². The van der Waals surface area contributed by atoms with Crippen molar-refractivity contribution in [2.24, 2.45) is 0 Å². The van der Waals surface area contributed by atoms with E-state index in [4.69, 9.17) is 9.97 Å². The number of pyridine rings is 2. The van der Waals surface area contributed by atoms with Crippen LogP contribution in [0.2, 0.25) is 0 Å². The summed E-state index contributed by atoms with van der Waals surface area (Å²) in [7, 11) is -0.875. The van der Waals surface area contributed by atoms with Crippen LogP contribution in [0.3, 0.4) is 0 Å². The lowest BCUT2D eigenvalue weighted by Crippen LogP contribution is -2.24. The Hall–Kier alpha value is -1.62. The molecule has 2 heterocycles. The van der Waals surface area contributed by atoms with Gasteiger partial charge in [0.1, 0.15) is 0 Å². The minimum absolute atomic E-state index is 0.191. The minimum Gasteiger partial charge on any atom is -0.256 e. The van der Waals surface area contributed by atoms with Crippen LogP contribution in [-0.4, -0.2) is 20.3 Å². The van der Waals surface area contributed by atoms with E-state index in [1.807, 2.05) is 12.4 Å². The number of rotatable bonds is 6. The van der Waals surface area contributed by atoms with Gasteiger partial charge in [-0.25, -0.2) is 0 Å². The van der Waals surface area contributed by atoms with Crippen molar-refractivity contribution in [1.29, 1.82) is 0 Å². The molecule has 3 aromatic rings. The first-order chi connectivity index (χ1) is 14.9. The number of nitrogens with zero attached hydrogens (tertiary/aromatic N) is 2. The summed E-state index contributed by atoms with van der Waals surface area (Å²) < 4.78 is 0. The van der Waals surface area contributed by atoms with Gasteiger partial charge in [-0.15, -0.1) is 0 Å². The second-order valence-electron chi connectivity index (χ2n) is 10.7. The van der Waals surface area contributed by atoms with Crippen molar-refractivity contribution in [3.8, 4) is 0 Å². The molecule has 0 aliphatic rings. The van der Waals surface area contributed by atoms with Crippen molar-refractivity contribution in [3.05, 3.63) is 83.2 Å². The van der Waals surface area contributed by atoms with Crippen molar-refractivity contribution >= 4 is 26.7 Å². The molecule has 0 saturated carbocycles. The molecule has 2 aromatic heterocycles. The highest BCUT2D eigenvalue weighted by atomic mass is 31.1. The lowest BCUT2D eigenvalue weighted by atomic mass is 10.1. The van der Waals surface area contributed by atoms with Gasteiger partial charge in [0.25, 0.3) is 0 Å². The van der Waals surface area contributed by atoms with Gasteiger partial charge in [0.2, 0.25) is 0 Å². The maximum atomic E-state index is 4.81. The molecule has 3 rings (SSSR count). The van der Waals surface area contributed by atoms with Gasteiger partial charge < -0.3 is 0 Å². The Morgan fingerprint density at radius 2 is 1.00 bits per heavy atom. The average Bonchev–Trinajstić information content (AvgIpc) is 2.69. The van der Waals surface area contributed by atoms with Crippen LogP contribution < -0.4 is 10.9 Å². The zero-order valence-corrected chi connectivity index (χ0v) is 22.8. The molecule has 4 heteroatoms. The van der Waals surface area contributed by atoms with E-state index < -0.39 is 15.8 Å². The molecule has 2 atom stereocenters. The van der Waals surface area contributed by atoms with Gasteiger partial charge in [-0.2, -0.15) is 0 Å². The van der Waals surface area contributed by atoms with Gasteiger partial charge in [-0.05, 0) is 98.8 Å². The molecule has 170 valence electrons. The molecule has 2 unspecified atom stereocenters. The monoisotopic (exact) mass is 464 g/mol. The molecule has 0 aliphatic heterocycles. The summed E-state index contributed by atoms with van der Waals surface area (Å²) in [6, 6.07) is 17.8. The first-order valence-corrected chi connectivity index (χ1v) is 14.5. The highest BCUT2D eigenvalue weighted by molar-refractivity contribution is 7.66. The van der Waals surface area contributed by atoms with Crippen molar-refractivity contribution in [1.82, 2.24) is 9.97 Å². The fourth-order valence-electron chi connectivity index (χ4n) is 3.87. The maximum Gasteiger partial charge on any atom is 0.0641 e. The first-order valence-electron chi connectivity index (χ1n) is 11.4. The summed E-state index contributed by atoms with van der Waals surface area (Å²) in [5.41, 5.74) is 8.06. The Balaban J connectivity index is 1.98. The highest BCUT2D eigenvalue weighted by Crippen LogP contribution is 2.54. The second kappa shape index (κ2) is 10.1. The van der Waals surface area contributed by atoms with E-state index in [1.165, 1.54) is 33.1 Å². The minimum atomic E-state index is -0.438. The summed E-state index contributed by atoms with van der Waals surface area (Å²) in [5.74, 6) is 0. The zero-order valence-electron chi connectivity index (χ0n) is 21.0. The zero-order chi connectivity index (χ0) is 23.5. The van der Waals surface area contributed by atoms with E-state index in [2.05, 4.69) is 104 Å². The molecule has 1 aromatic carbocycles. The largest absolute Gasteiger partial charge is 0.256 e. The molecule has 32 heavy (non-hydrogen) atoms. The van der Waals surface area contributed by atoms with E-state index >= 15 is 0 Å². The first kappa shape index (κ1) is 25.0. The van der Waals surface area contributed by atoms with E-state index in [9.17, 15) is 0 Å². The molecule has 0 bridgehead atoms. The molecule has 0 saturated heterocycles. The Morgan fingerprint density at radius 3 is 1.31 bits per heavy atom. The molecule has 0 aliphatic carbocycles. The van der Waals surface area contributed by atoms with Gasteiger partial charge >= 0.3 is 0 Å². The van der Waals surface area contributed by atoms with Crippen molar-refractivity contribution in [3.63, 3.8) is 0 Å². The van der Waals surface area contributed by atoms with E-state index in [-0.39, 0.29) is 10.3 Å². The summed E-state index contributed by atoms with van der Waals surface area (Å²) >= 11 is 0. The van der Waals surface area contributed by atoms with E-state index in [0.29, 0.717) is 0 Å². The molecule has 0 amide bonds. The number of benzene rings is 1. The number of hydrogen-bond acceptors (Lipinski definition) is 2. The van der Waals surface area contributed by atoms with Crippen LogP contribution in [0.5, 0.6) is 0 Å². The van der Waals surface area contributed by atoms with Crippen LogP contribution in [0.25, 0.3) is 0 Å². The van der Waals surface area contributed by atoms with E-state index in [0.717, 1.165) is 12.3 Å². The second-order valence-corrected chi connectivity index (χ2v) is 16.6. The third kappa shape index (κ3) is 6.46.